The molecule has 134 heavy (non-hydrogen) atoms. The van der Waals surface area contributed by atoms with Crippen molar-refractivity contribution in [3.63, 3.8) is 0 Å². The molecule has 5 aromatic heterocycles. The van der Waals surface area contributed by atoms with Crippen LogP contribution in [0.15, 0.2) is 207 Å². The van der Waals surface area contributed by atoms with Gasteiger partial charge in [-0.2, -0.15) is 13.2 Å². The van der Waals surface area contributed by atoms with Crippen LogP contribution in [0.4, 0.5) is 60.5 Å². The van der Waals surface area contributed by atoms with Crippen LogP contribution in [0.3, 0.4) is 0 Å². The van der Waals surface area contributed by atoms with Crippen molar-refractivity contribution in [1.29, 1.82) is 0 Å². The SMILES string of the molecule is O=c1c(Cl)c(N2CCC(F)(c3ccccc3)CC2)ccn1CC1CC1.O=c1c(Cl)c(N2CCC(c3ccc(F)cc3F)CC2)ccn1CC1CC1.O=c1c(Cl)c(N2CCC(c3ccc(N4CCOCC4)cc3)CC2)ccn1CC1CC1.O=c1c(Cl)c(N2CCC(c3cccc(C(F)(F)F)c3)CC2)ccn1CC1CC1.O=c1c(Cl)c(N2CCC(c3ccccc3Cl)CC2)ccn1CC1CC1. The molecule has 0 unspecified atom stereocenters. The maximum absolute atomic E-state index is 15.3. The van der Waals surface area contributed by atoms with Gasteiger partial charge in [0.25, 0.3) is 27.8 Å². The standard InChI is InChI=1S/C24H30ClN3O2.C21H22ClF3N2O.C20H22Cl2N2O.C20H21ClF2N2O.C20H22ClFN2O/c25-23-22(9-12-28(24(23)29)17-18-1-2-18)27-10-7-20(8-11-27)19-3-5-21(6-4-19)26-13-15-30-16-14-26;22-19-18(8-11-27(20(19)28)13-14-4-5-14)26-9-6-15(7-10-26)16-2-1-3-17(12-16)21(23,24)25;21-17-4-2-1-3-16(17)15-7-10-23(11-8-15)18-9-12-24(13-14-5-6-14)20(25)19(18)22;21-19-18(7-10-25(20(19)26)12-13-1-2-13)24-8-5-14(6-9-24)16-4-3-15(22)11-17(16)23;21-18-17(8-11-24(19(18)25)14-15-6-7-15)23-12-9-20(22,10-13-23)16-4-2-1-3-5-16/h3-6,9,12,18,20H,1-2,7-8,10-11,13-17H2;1-3,8,11-12,14-15H,4-7,9-10,13H2;1-4,9,12,14-15H,5-8,10-11,13H2;3-4,7,10-11,13-14H,1-2,5-6,8-9,12H2;1-5,8,11,15H,6-7,9-10,12-14H2. The number of hydrogen-bond acceptors (Lipinski definition) is 12. The van der Waals surface area contributed by atoms with E-state index in [-0.39, 0.29) is 54.7 Å². The zero-order chi connectivity index (χ0) is 93.5. The van der Waals surface area contributed by atoms with E-state index in [9.17, 15) is 45.9 Å². The Labute approximate surface area is 809 Å². The van der Waals surface area contributed by atoms with E-state index in [4.69, 9.17) is 74.3 Å². The molecule has 0 spiro atoms. The first kappa shape index (κ1) is 96.6. The van der Waals surface area contributed by atoms with E-state index in [1.165, 1.54) is 92.4 Å². The average Bonchev–Trinajstić information content (AvgIpc) is 1.67. The first-order valence-electron chi connectivity index (χ1n) is 48.0. The smallest absolute Gasteiger partial charge is 0.378 e. The summed E-state index contributed by atoms with van der Waals surface area (Å²) in [6.07, 6.45) is 24.9. The van der Waals surface area contributed by atoms with E-state index in [0.717, 1.165) is 206 Å². The third-order valence-corrected chi connectivity index (χ3v) is 31.0. The van der Waals surface area contributed by atoms with Crippen LogP contribution in [0.2, 0.25) is 30.1 Å². The number of piperidine rings is 5. The van der Waals surface area contributed by atoms with Gasteiger partial charge in [-0.15, -0.1) is 0 Å². The summed E-state index contributed by atoms with van der Waals surface area (Å²) in [6, 6.07) is 45.6. The second kappa shape index (κ2) is 43.3. The minimum absolute atomic E-state index is 0.0399. The van der Waals surface area contributed by atoms with Crippen molar-refractivity contribution in [2.45, 2.75) is 197 Å². The number of alkyl halides is 4. The Morgan fingerprint density at radius 3 is 1.03 bits per heavy atom. The van der Waals surface area contributed by atoms with Crippen molar-refractivity contribution in [2.24, 2.45) is 29.6 Å². The van der Waals surface area contributed by atoms with Crippen LogP contribution >= 0.6 is 69.6 Å². The fourth-order valence-corrected chi connectivity index (χ4v) is 21.5. The molecule has 0 radical (unpaired) electrons. The first-order chi connectivity index (χ1) is 64.7. The Kier molecular flexibility index (Phi) is 31.2. The van der Waals surface area contributed by atoms with E-state index >= 15 is 4.39 Å². The van der Waals surface area contributed by atoms with Gasteiger partial charge < -0.3 is 57.0 Å². The Morgan fingerprint density at radius 2 is 0.672 bits per heavy atom. The molecular formula is C105H117Cl6F6N11O6. The van der Waals surface area contributed by atoms with Crippen LogP contribution < -0.4 is 57.2 Å². The van der Waals surface area contributed by atoms with Gasteiger partial charge in [-0.25, -0.2) is 13.2 Å². The predicted molar refractivity (Wildman–Crippen MR) is 528 cm³/mol. The van der Waals surface area contributed by atoms with Crippen LogP contribution in [0.1, 0.15) is 185 Å². The van der Waals surface area contributed by atoms with Gasteiger partial charge in [0.2, 0.25) is 0 Å². The maximum atomic E-state index is 15.3. The Morgan fingerprint density at radius 1 is 0.328 bits per heavy atom. The number of hydrogen-bond donors (Lipinski definition) is 0. The van der Waals surface area contributed by atoms with Crippen LogP contribution in [0.25, 0.3) is 0 Å². The van der Waals surface area contributed by atoms with Gasteiger partial charge >= 0.3 is 6.18 Å². The lowest BCUT2D eigenvalue weighted by Gasteiger charge is -2.38. The molecule has 10 aromatic rings. The highest BCUT2D eigenvalue weighted by molar-refractivity contribution is 6.34. The molecule has 11 heterocycles. The van der Waals surface area contributed by atoms with E-state index in [1.54, 1.807) is 35.1 Å². The van der Waals surface area contributed by atoms with E-state index in [0.29, 0.717) is 109 Å². The molecule has 0 amide bonds. The summed E-state index contributed by atoms with van der Waals surface area (Å²) < 4.78 is 95.3. The number of aromatic nitrogens is 5. The van der Waals surface area contributed by atoms with E-state index in [2.05, 4.69) is 54.8 Å². The molecule has 5 aromatic carbocycles. The summed E-state index contributed by atoms with van der Waals surface area (Å²) >= 11 is 38.3. The number of benzene rings is 5. The van der Waals surface area contributed by atoms with Crippen LogP contribution in [0, 0.1) is 41.2 Å². The molecule has 6 aliphatic heterocycles. The van der Waals surface area contributed by atoms with Gasteiger partial charge in [-0.1, -0.05) is 155 Å². The van der Waals surface area contributed by atoms with E-state index in [1.807, 2.05) is 109 Å². The van der Waals surface area contributed by atoms with Gasteiger partial charge in [-0.05, 0) is 257 Å². The second-order valence-corrected chi connectivity index (χ2v) is 40.7. The second-order valence-electron chi connectivity index (χ2n) is 38.4. The van der Waals surface area contributed by atoms with Crippen LogP contribution in [-0.4, -0.2) is 115 Å². The minimum Gasteiger partial charge on any atom is -0.378 e. The van der Waals surface area contributed by atoms with Crippen molar-refractivity contribution >= 4 is 104 Å². The van der Waals surface area contributed by atoms with Gasteiger partial charge in [0.15, 0.2) is 0 Å². The third-order valence-electron chi connectivity index (χ3n) is 28.9. The monoisotopic (exact) mass is 1950 g/mol. The minimum atomic E-state index is -4.32. The number of morpholine rings is 1. The molecule has 0 N–H and O–H groups in total. The molecule has 5 saturated carbocycles. The summed E-state index contributed by atoms with van der Waals surface area (Å²) in [4.78, 5) is 75.7. The average molecular weight is 1960 g/mol. The molecule has 11 aliphatic rings. The number of nitrogens with zero attached hydrogens (tertiary/aromatic N) is 11. The topological polar surface area (TPSA) is 139 Å². The van der Waals surface area contributed by atoms with Crippen LogP contribution in [-0.2, 0) is 49.3 Å². The molecule has 0 bridgehead atoms. The number of halogens is 12. The van der Waals surface area contributed by atoms with Gasteiger partial charge in [0, 0.05) is 172 Å². The first-order valence-corrected chi connectivity index (χ1v) is 50.2. The lowest BCUT2D eigenvalue weighted by molar-refractivity contribution is -0.137. The Bertz CT molecular complexity index is 6030. The highest BCUT2D eigenvalue weighted by atomic mass is 35.5. The molecule has 6 saturated heterocycles. The molecule has 17 nitrogen and oxygen atoms in total. The molecule has 0 atom stereocenters. The van der Waals surface area contributed by atoms with E-state index < -0.39 is 29.0 Å². The molecule has 712 valence electrons. The summed E-state index contributed by atoms with van der Waals surface area (Å²) in [7, 11) is 0. The van der Waals surface area contributed by atoms with Crippen molar-refractivity contribution in [3.05, 3.63) is 310 Å². The summed E-state index contributed by atoms with van der Waals surface area (Å²) in [5, 5.41) is 2.35. The highest BCUT2D eigenvalue weighted by Gasteiger charge is 2.39. The van der Waals surface area contributed by atoms with Crippen molar-refractivity contribution in [2.75, 3.05) is 121 Å². The fraction of sp³-hybridized carbons (Fsp3) is 0.476. The maximum Gasteiger partial charge on any atom is 0.416 e. The molecule has 11 fully saturated rings. The normalized spacial score (nSPS) is 19.2. The lowest BCUT2D eigenvalue weighted by Crippen LogP contribution is -2.41. The zero-order valence-electron chi connectivity index (χ0n) is 75.5. The Hall–Kier alpha value is -9.07. The lowest BCUT2D eigenvalue weighted by atomic mass is 9.86. The molecule has 21 rings (SSSR count). The van der Waals surface area contributed by atoms with Crippen molar-refractivity contribution in [3.8, 4) is 0 Å². The zero-order valence-corrected chi connectivity index (χ0v) is 80.0. The largest absolute Gasteiger partial charge is 0.416 e. The fourth-order valence-electron chi connectivity index (χ4n) is 19.8. The van der Waals surface area contributed by atoms with Gasteiger partial charge in [0.05, 0.1) is 47.2 Å². The molecule has 5 aliphatic carbocycles. The number of rotatable bonds is 21. The third kappa shape index (κ3) is 24.2. The van der Waals surface area contributed by atoms with Gasteiger partial charge in [0.1, 0.15) is 42.4 Å². The van der Waals surface area contributed by atoms with Crippen LogP contribution in [0.5, 0.6) is 0 Å². The molecular weight excluding hydrogens is 1840 g/mol. The Balaban J connectivity index is 0.000000117. The number of anilines is 6. The summed E-state index contributed by atoms with van der Waals surface area (Å²) in [5.41, 5.74) is 7.51. The summed E-state index contributed by atoms with van der Waals surface area (Å²) in [6.45, 7) is 14.8. The molecule has 29 heteroatoms. The van der Waals surface area contributed by atoms with Crippen molar-refractivity contribution in [1.82, 2.24) is 22.8 Å². The summed E-state index contributed by atoms with van der Waals surface area (Å²) in [5.74, 6) is 3.26. The predicted octanol–water partition coefficient (Wildman–Crippen LogP) is 23.3. The van der Waals surface area contributed by atoms with Crippen molar-refractivity contribution < 1.29 is 31.1 Å². The quantitative estimate of drug-likeness (QED) is 0.0633. The highest BCUT2D eigenvalue weighted by Crippen LogP contribution is 2.45. The number of ether oxygens (including phenoxy) is 1. The number of pyridine rings is 5. The van der Waals surface area contributed by atoms with Gasteiger partial charge in [-0.3, -0.25) is 24.0 Å².